The smallest absolute Gasteiger partial charge is 0.0570 e. The van der Waals surface area contributed by atoms with Gasteiger partial charge in [0.2, 0.25) is 0 Å². The molecule has 2 heterocycles. The lowest BCUT2D eigenvalue weighted by Crippen LogP contribution is -2.38. The monoisotopic (exact) mass is 233 g/mol. The molecule has 0 radical (unpaired) electrons. The van der Waals surface area contributed by atoms with Gasteiger partial charge in [-0.25, -0.2) is 0 Å². The van der Waals surface area contributed by atoms with Gasteiger partial charge >= 0.3 is 0 Å². The van der Waals surface area contributed by atoms with Crippen LogP contribution < -0.4 is 5.32 Å². The largest absolute Gasteiger partial charge is 0.307 e. The fraction of sp³-hybridized carbons (Fsp3) is 0.643. The Morgan fingerprint density at radius 3 is 3.12 bits per heavy atom. The number of pyridine rings is 1. The maximum Gasteiger partial charge on any atom is 0.0570 e. The van der Waals surface area contributed by atoms with E-state index in [0.717, 1.165) is 12.2 Å². The Morgan fingerprint density at radius 1 is 1.53 bits per heavy atom. The van der Waals surface area contributed by atoms with Gasteiger partial charge in [0, 0.05) is 24.8 Å². The molecule has 2 unspecified atom stereocenters. The lowest BCUT2D eigenvalue weighted by Gasteiger charge is -2.24. The molecular weight excluding hydrogens is 210 g/mol. The Kier molecular flexibility index (Phi) is 4.51. The van der Waals surface area contributed by atoms with Gasteiger partial charge in [-0.05, 0) is 45.0 Å². The third-order valence-electron chi connectivity index (χ3n) is 3.70. The van der Waals surface area contributed by atoms with Gasteiger partial charge in [0.25, 0.3) is 0 Å². The molecule has 1 aliphatic rings. The van der Waals surface area contributed by atoms with Crippen molar-refractivity contribution in [2.75, 3.05) is 19.6 Å². The van der Waals surface area contributed by atoms with Crippen LogP contribution in [0.5, 0.6) is 0 Å². The highest BCUT2D eigenvalue weighted by Crippen LogP contribution is 2.17. The van der Waals surface area contributed by atoms with Gasteiger partial charge < -0.3 is 5.32 Å². The highest BCUT2D eigenvalue weighted by Gasteiger charge is 2.23. The van der Waals surface area contributed by atoms with E-state index in [-0.39, 0.29) is 0 Å². The van der Waals surface area contributed by atoms with Crippen LogP contribution in [-0.4, -0.2) is 35.6 Å². The first-order valence-electron chi connectivity index (χ1n) is 6.69. The molecule has 0 amide bonds. The minimum absolute atomic E-state index is 0.343. The first-order valence-corrected chi connectivity index (χ1v) is 6.69. The SMILES string of the molecule is CCN1CCCC1CNC(C)c1ccccn1. The van der Waals surface area contributed by atoms with Crippen LogP contribution in [0.1, 0.15) is 38.4 Å². The highest BCUT2D eigenvalue weighted by atomic mass is 15.2. The molecule has 0 aromatic carbocycles. The Labute approximate surface area is 104 Å². The number of nitrogens with one attached hydrogen (secondary N) is 1. The molecule has 94 valence electrons. The van der Waals surface area contributed by atoms with Crippen LogP contribution in [0.4, 0.5) is 0 Å². The van der Waals surface area contributed by atoms with Gasteiger partial charge in [-0.3, -0.25) is 9.88 Å². The molecule has 2 atom stereocenters. The van der Waals surface area contributed by atoms with Crippen molar-refractivity contribution in [3.63, 3.8) is 0 Å². The number of hydrogen-bond donors (Lipinski definition) is 1. The highest BCUT2D eigenvalue weighted by molar-refractivity contribution is 5.07. The van der Waals surface area contributed by atoms with E-state index in [2.05, 4.69) is 41.2 Å². The predicted octanol–water partition coefficient (Wildman–Crippen LogP) is 2.22. The molecule has 3 nitrogen and oxygen atoms in total. The standard InChI is InChI=1S/C14H23N3/c1-3-17-10-6-7-13(17)11-16-12(2)14-8-4-5-9-15-14/h4-5,8-9,12-13,16H,3,6-7,10-11H2,1-2H3. The second-order valence-corrected chi connectivity index (χ2v) is 4.81. The van der Waals surface area contributed by atoms with Crippen molar-refractivity contribution in [1.82, 2.24) is 15.2 Å². The van der Waals surface area contributed by atoms with Crippen molar-refractivity contribution in [2.45, 2.75) is 38.8 Å². The Hall–Kier alpha value is -0.930. The molecule has 17 heavy (non-hydrogen) atoms. The van der Waals surface area contributed by atoms with Crippen molar-refractivity contribution in [1.29, 1.82) is 0 Å². The molecule has 0 spiro atoms. The van der Waals surface area contributed by atoms with Crippen molar-refractivity contribution >= 4 is 0 Å². The minimum atomic E-state index is 0.343. The molecule has 0 bridgehead atoms. The first kappa shape index (κ1) is 12.5. The van der Waals surface area contributed by atoms with Gasteiger partial charge in [0.1, 0.15) is 0 Å². The minimum Gasteiger partial charge on any atom is -0.307 e. The molecule has 1 N–H and O–H groups in total. The predicted molar refractivity (Wildman–Crippen MR) is 70.9 cm³/mol. The number of rotatable bonds is 5. The van der Waals surface area contributed by atoms with Crippen LogP contribution in [0.25, 0.3) is 0 Å². The van der Waals surface area contributed by atoms with E-state index in [0.29, 0.717) is 12.1 Å². The van der Waals surface area contributed by atoms with Crippen LogP contribution in [0, 0.1) is 0 Å². The van der Waals surface area contributed by atoms with E-state index in [4.69, 9.17) is 0 Å². The fourth-order valence-electron chi connectivity index (χ4n) is 2.59. The molecule has 1 fully saturated rings. The summed E-state index contributed by atoms with van der Waals surface area (Å²) in [4.78, 5) is 6.95. The van der Waals surface area contributed by atoms with Gasteiger partial charge in [0.15, 0.2) is 0 Å². The lowest BCUT2D eigenvalue weighted by molar-refractivity contribution is 0.255. The summed E-state index contributed by atoms with van der Waals surface area (Å²) in [5.41, 5.74) is 1.13. The summed E-state index contributed by atoms with van der Waals surface area (Å²) >= 11 is 0. The van der Waals surface area contributed by atoms with E-state index in [1.165, 1.54) is 25.9 Å². The van der Waals surface area contributed by atoms with Crippen LogP contribution >= 0.6 is 0 Å². The number of aromatic nitrogens is 1. The molecule has 1 saturated heterocycles. The second kappa shape index (κ2) is 6.12. The second-order valence-electron chi connectivity index (χ2n) is 4.81. The van der Waals surface area contributed by atoms with Crippen LogP contribution in [0.3, 0.4) is 0 Å². The fourth-order valence-corrected chi connectivity index (χ4v) is 2.59. The Bertz CT molecular complexity index is 325. The molecule has 2 rings (SSSR count). The number of nitrogens with zero attached hydrogens (tertiary/aromatic N) is 2. The van der Waals surface area contributed by atoms with Crippen LogP contribution in [0.15, 0.2) is 24.4 Å². The zero-order valence-electron chi connectivity index (χ0n) is 10.9. The summed E-state index contributed by atoms with van der Waals surface area (Å²) in [6, 6.07) is 7.16. The molecule has 3 heteroatoms. The average molecular weight is 233 g/mol. The molecular formula is C14H23N3. The topological polar surface area (TPSA) is 28.2 Å². The summed E-state index contributed by atoms with van der Waals surface area (Å²) in [7, 11) is 0. The van der Waals surface area contributed by atoms with Crippen molar-refractivity contribution in [3.8, 4) is 0 Å². The summed E-state index contributed by atoms with van der Waals surface area (Å²) in [5, 5.41) is 3.60. The molecule has 0 aliphatic carbocycles. The van der Waals surface area contributed by atoms with Gasteiger partial charge in [-0.15, -0.1) is 0 Å². The van der Waals surface area contributed by atoms with Gasteiger partial charge in [-0.1, -0.05) is 13.0 Å². The summed E-state index contributed by atoms with van der Waals surface area (Å²) in [5.74, 6) is 0. The third-order valence-corrected chi connectivity index (χ3v) is 3.70. The first-order chi connectivity index (χ1) is 8.31. The maximum absolute atomic E-state index is 4.39. The third kappa shape index (κ3) is 3.27. The normalized spacial score (nSPS) is 22.8. The molecule has 1 aliphatic heterocycles. The Balaban J connectivity index is 1.82. The average Bonchev–Trinajstić information content (AvgIpc) is 2.84. The van der Waals surface area contributed by atoms with Crippen molar-refractivity contribution in [3.05, 3.63) is 30.1 Å². The number of likely N-dealkylation sites (tertiary alicyclic amines) is 1. The van der Waals surface area contributed by atoms with E-state index in [9.17, 15) is 0 Å². The summed E-state index contributed by atoms with van der Waals surface area (Å²) in [6.07, 6.45) is 4.54. The Morgan fingerprint density at radius 2 is 2.41 bits per heavy atom. The number of likely N-dealkylation sites (N-methyl/N-ethyl adjacent to an activating group) is 1. The van der Waals surface area contributed by atoms with Crippen LogP contribution in [0.2, 0.25) is 0 Å². The van der Waals surface area contributed by atoms with Gasteiger partial charge in [0.05, 0.1) is 5.69 Å². The molecule has 1 aromatic heterocycles. The zero-order valence-corrected chi connectivity index (χ0v) is 10.9. The maximum atomic E-state index is 4.39. The molecule has 0 saturated carbocycles. The van der Waals surface area contributed by atoms with E-state index in [1.54, 1.807) is 0 Å². The summed E-state index contributed by atoms with van der Waals surface area (Å²) in [6.45, 7) is 7.95. The van der Waals surface area contributed by atoms with Crippen LogP contribution in [-0.2, 0) is 0 Å². The quantitative estimate of drug-likeness (QED) is 0.845. The van der Waals surface area contributed by atoms with E-state index >= 15 is 0 Å². The lowest BCUT2D eigenvalue weighted by atomic mass is 10.1. The summed E-state index contributed by atoms with van der Waals surface area (Å²) < 4.78 is 0. The van der Waals surface area contributed by atoms with Crippen molar-refractivity contribution < 1.29 is 0 Å². The van der Waals surface area contributed by atoms with Gasteiger partial charge in [-0.2, -0.15) is 0 Å². The molecule has 1 aromatic rings. The van der Waals surface area contributed by atoms with E-state index < -0.39 is 0 Å². The van der Waals surface area contributed by atoms with E-state index in [1.807, 2.05) is 12.3 Å². The zero-order chi connectivity index (χ0) is 12.1. The number of hydrogen-bond acceptors (Lipinski definition) is 3. The van der Waals surface area contributed by atoms with Crippen molar-refractivity contribution in [2.24, 2.45) is 0 Å².